The highest BCUT2D eigenvalue weighted by Crippen LogP contribution is 2.23. The number of likely N-dealkylation sites (tertiary alicyclic amines) is 1. The molecule has 6 heteroatoms. The summed E-state index contributed by atoms with van der Waals surface area (Å²) in [5.74, 6) is 1.61. The number of hydrogen-bond acceptors (Lipinski definition) is 5. The first-order valence-electron chi connectivity index (χ1n) is 9.26. The van der Waals surface area contributed by atoms with E-state index >= 15 is 0 Å². The van der Waals surface area contributed by atoms with Crippen LogP contribution in [0.25, 0.3) is 0 Å². The molecule has 2 saturated heterocycles. The third-order valence-electron chi connectivity index (χ3n) is 5.41. The Morgan fingerprint density at radius 1 is 1.13 bits per heavy atom. The van der Waals surface area contributed by atoms with Gasteiger partial charge in [-0.2, -0.15) is 5.10 Å². The molecule has 3 heterocycles. The van der Waals surface area contributed by atoms with E-state index in [-0.39, 0.29) is 0 Å². The molecule has 0 saturated carbocycles. The minimum atomic E-state index is 0.542. The number of H-pyrrole nitrogens is 1. The van der Waals surface area contributed by atoms with Gasteiger partial charge in [0.15, 0.2) is 0 Å². The number of aromatic nitrogens is 3. The average Bonchev–Trinajstić information content (AvgIpc) is 3.10. The Morgan fingerprint density at radius 2 is 1.91 bits per heavy atom. The molecule has 0 radical (unpaired) electrons. The molecule has 1 aromatic rings. The molecule has 0 aromatic carbocycles. The Labute approximate surface area is 140 Å². The van der Waals surface area contributed by atoms with Gasteiger partial charge in [-0.05, 0) is 52.7 Å². The van der Waals surface area contributed by atoms with Gasteiger partial charge in [0.05, 0.1) is 0 Å². The van der Waals surface area contributed by atoms with E-state index in [1.807, 2.05) is 0 Å². The van der Waals surface area contributed by atoms with E-state index in [0.29, 0.717) is 12.0 Å². The Balaban J connectivity index is 1.34. The zero-order valence-corrected chi connectivity index (χ0v) is 14.7. The lowest BCUT2D eigenvalue weighted by atomic mass is 9.97. The lowest BCUT2D eigenvalue weighted by molar-refractivity contribution is 0.103. The maximum absolute atomic E-state index is 4.34. The highest BCUT2D eigenvalue weighted by molar-refractivity contribution is 4.96. The summed E-state index contributed by atoms with van der Waals surface area (Å²) < 4.78 is 0. The third-order valence-corrected chi connectivity index (χ3v) is 5.41. The van der Waals surface area contributed by atoms with Crippen LogP contribution >= 0.6 is 0 Å². The first-order chi connectivity index (χ1) is 11.2. The molecule has 130 valence electrons. The van der Waals surface area contributed by atoms with E-state index in [0.717, 1.165) is 12.4 Å². The van der Waals surface area contributed by atoms with Crippen molar-refractivity contribution in [2.24, 2.45) is 0 Å². The van der Waals surface area contributed by atoms with Crippen LogP contribution < -0.4 is 0 Å². The van der Waals surface area contributed by atoms with Gasteiger partial charge in [-0.15, -0.1) is 0 Å². The maximum atomic E-state index is 4.34. The van der Waals surface area contributed by atoms with Crippen LogP contribution in [0.5, 0.6) is 0 Å². The fourth-order valence-corrected chi connectivity index (χ4v) is 3.91. The summed E-state index contributed by atoms with van der Waals surface area (Å²) >= 11 is 0. The van der Waals surface area contributed by atoms with Crippen molar-refractivity contribution >= 4 is 0 Å². The van der Waals surface area contributed by atoms with Crippen LogP contribution in [0.2, 0.25) is 0 Å². The fraction of sp³-hybridized carbons (Fsp3) is 0.882. The number of nitrogens with zero attached hydrogens (tertiary/aromatic N) is 5. The van der Waals surface area contributed by atoms with Gasteiger partial charge in [0.2, 0.25) is 0 Å². The van der Waals surface area contributed by atoms with Gasteiger partial charge in [0, 0.05) is 44.7 Å². The molecule has 0 spiro atoms. The van der Waals surface area contributed by atoms with Crippen LogP contribution in [-0.4, -0.2) is 88.3 Å². The predicted octanol–water partition coefficient (Wildman–Crippen LogP) is 1.40. The van der Waals surface area contributed by atoms with Crippen molar-refractivity contribution in [2.75, 3.05) is 52.4 Å². The van der Waals surface area contributed by atoms with Crippen LogP contribution in [0.15, 0.2) is 6.33 Å². The second-order valence-corrected chi connectivity index (χ2v) is 7.34. The number of aromatic amines is 1. The predicted molar refractivity (Wildman–Crippen MR) is 92.6 cm³/mol. The summed E-state index contributed by atoms with van der Waals surface area (Å²) in [6.07, 6.45) is 5.43. The van der Waals surface area contributed by atoms with E-state index in [4.69, 9.17) is 0 Å². The number of piperazine rings is 1. The Hall–Kier alpha value is -0.980. The van der Waals surface area contributed by atoms with Crippen LogP contribution in [0, 0.1) is 0 Å². The normalized spacial score (nSPS) is 25.3. The molecule has 0 bridgehead atoms. The molecule has 2 fully saturated rings. The number of hydrogen-bond donors (Lipinski definition) is 1. The second-order valence-electron chi connectivity index (χ2n) is 7.34. The Bertz CT molecular complexity index is 438. The van der Waals surface area contributed by atoms with Crippen LogP contribution in [0.4, 0.5) is 0 Å². The molecular formula is C17H32N6. The standard InChI is InChI=1S/C17H32N6/c1-15(2)23-11-9-21(10-12-23)7-4-8-22-6-3-5-16(13-22)17-18-14-19-20-17/h14-16H,3-13H2,1-2H3,(H,18,19,20)/t16-/m1/s1. The zero-order chi connectivity index (χ0) is 16.1. The molecule has 0 amide bonds. The summed E-state index contributed by atoms with van der Waals surface area (Å²) in [6.45, 7) is 14.4. The largest absolute Gasteiger partial charge is 0.303 e. The molecule has 6 nitrogen and oxygen atoms in total. The van der Waals surface area contributed by atoms with Crippen molar-refractivity contribution < 1.29 is 0 Å². The van der Waals surface area contributed by atoms with E-state index in [9.17, 15) is 0 Å². The van der Waals surface area contributed by atoms with Crippen molar-refractivity contribution in [1.29, 1.82) is 0 Å². The summed E-state index contributed by atoms with van der Waals surface area (Å²) in [5, 5.41) is 7.05. The summed E-state index contributed by atoms with van der Waals surface area (Å²) in [4.78, 5) is 12.2. The van der Waals surface area contributed by atoms with Gasteiger partial charge < -0.3 is 9.80 Å². The van der Waals surface area contributed by atoms with E-state index in [2.05, 4.69) is 43.7 Å². The van der Waals surface area contributed by atoms with Gasteiger partial charge >= 0.3 is 0 Å². The highest BCUT2D eigenvalue weighted by atomic mass is 15.3. The number of rotatable bonds is 6. The molecule has 2 aliphatic rings. The minimum absolute atomic E-state index is 0.542. The summed E-state index contributed by atoms with van der Waals surface area (Å²) in [6, 6.07) is 0.693. The molecule has 23 heavy (non-hydrogen) atoms. The van der Waals surface area contributed by atoms with Gasteiger partial charge in [-0.3, -0.25) is 10.00 Å². The quantitative estimate of drug-likeness (QED) is 0.859. The number of nitrogens with one attached hydrogen (secondary N) is 1. The lowest BCUT2D eigenvalue weighted by Gasteiger charge is -2.37. The smallest absolute Gasteiger partial charge is 0.137 e. The van der Waals surface area contributed by atoms with Gasteiger partial charge in [-0.25, -0.2) is 4.98 Å². The molecule has 1 aromatic heterocycles. The Morgan fingerprint density at radius 3 is 2.61 bits per heavy atom. The van der Waals surface area contributed by atoms with Gasteiger partial charge in [0.1, 0.15) is 12.2 Å². The van der Waals surface area contributed by atoms with Crippen molar-refractivity contribution in [2.45, 2.75) is 45.1 Å². The van der Waals surface area contributed by atoms with Crippen molar-refractivity contribution in [3.63, 3.8) is 0 Å². The molecule has 1 N–H and O–H groups in total. The van der Waals surface area contributed by atoms with E-state index in [1.165, 1.54) is 65.1 Å². The zero-order valence-electron chi connectivity index (χ0n) is 14.7. The minimum Gasteiger partial charge on any atom is -0.303 e. The topological polar surface area (TPSA) is 51.3 Å². The second kappa shape index (κ2) is 8.22. The summed E-state index contributed by atoms with van der Waals surface area (Å²) in [7, 11) is 0. The molecular weight excluding hydrogens is 288 g/mol. The third kappa shape index (κ3) is 4.75. The first-order valence-corrected chi connectivity index (χ1v) is 9.26. The van der Waals surface area contributed by atoms with Crippen molar-refractivity contribution in [3.05, 3.63) is 12.2 Å². The Kier molecular flexibility index (Phi) is 6.02. The molecule has 1 atom stereocenters. The van der Waals surface area contributed by atoms with E-state index in [1.54, 1.807) is 6.33 Å². The van der Waals surface area contributed by atoms with Crippen LogP contribution in [-0.2, 0) is 0 Å². The van der Waals surface area contributed by atoms with Crippen LogP contribution in [0.1, 0.15) is 44.9 Å². The highest BCUT2D eigenvalue weighted by Gasteiger charge is 2.23. The van der Waals surface area contributed by atoms with Gasteiger partial charge in [0.25, 0.3) is 0 Å². The molecule has 0 unspecified atom stereocenters. The monoisotopic (exact) mass is 320 g/mol. The van der Waals surface area contributed by atoms with Crippen molar-refractivity contribution in [3.8, 4) is 0 Å². The van der Waals surface area contributed by atoms with E-state index < -0.39 is 0 Å². The maximum Gasteiger partial charge on any atom is 0.137 e. The molecule has 0 aliphatic carbocycles. The van der Waals surface area contributed by atoms with Crippen LogP contribution in [0.3, 0.4) is 0 Å². The van der Waals surface area contributed by atoms with Gasteiger partial charge in [-0.1, -0.05) is 0 Å². The summed E-state index contributed by atoms with van der Waals surface area (Å²) in [5.41, 5.74) is 0. The first kappa shape index (κ1) is 16.9. The molecule has 2 aliphatic heterocycles. The van der Waals surface area contributed by atoms with Crippen molar-refractivity contribution in [1.82, 2.24) is 29.9 Å². The number of piperidine rings is 1. The average molecular weight is 320 g/mol. The lowest BCUT2D eigenvalue weighted by Crippen LogP contribution is -2.49. The molecule has 3 rings (SSSR count). The SMILES string of the molecule is CC(C)N1CCN(CCCN2CCC[C@@H](c3ncn[nH]3)C2)CC1. The fourth-order valence-electron chi connectivity index (χ4n) is 3.91.